The monoisotopic (exact) mass is 331 g/mol. The molecule has 1 heterocycles. The van der Waals surface area contributed by atoms with Gasteiger partial charge in [0.2, 0.25) is 0 Å². The van der Waals surface area contributed by atoms with Crippen LogP contribution in [-0.4, -0.2) is 16.3 Å². The molecule has 1 N–H and O–H groups in total. The predicted molar refractivity (Wildman–Crippen MR) is 88.0 cm³/mol. The van der Waals surface area contributed by atoms with Gasteiger partial charge in [0.25, 0.3) is 11.1 Å². The molecule has 4 nitrogen and oxygen atoms in total. The van der Waals surface area contributed by atoms with Crippen molar-refractivity contribution in [2.75, 3.05) is 4.90 Å². The molecule has 110 valence electrons. The highest BCUT2D eigenvalue weighted by atomic mass is 35.5. The van der Waals surface area contributed by atoms with Crippen molar-refractivity contribution in [1.29, 1.82) is 0 Å². The predicted octanol–water partition coefficient (Wildman–Crippen LogP) is 4.29. The molecule has 0 radical (unpaired) electrons. The Morgan fingerprint density at radius 1 is 1.05 bits per heavy atom. The molecule has 2 amide bonds. The van der Waals surface area contributed by atoms with E-state index >= 15 is 0 Å². The first-order valence-corrected chi connectivity index (χ1v) is 7.57. The largest absolute Gasteiger partial charge is 0.508 e. The van der Waals surface area contributed by atoms with Crippen molar-refractivity contribution in [3.63, 3.8) is 0 Å². The Balaban J connectivity index is 1.95. The lowest BCUT2D eigenvalue weighted by Gasteiger charge is -2.12. The van der Waals surface area contributed by atoms with E-state index in [1.165, 1.54) is 24.3 Å². The molecule has 22 heavy (non-hydrogen) atoms. The van der Waals surface area contributed by atoms with Crippen LogP contribution in [-0.2, 0) is 4.79 Å². The quantitative estimate of drug-likeness (QED) is 0.834. The van der Waals surface area contributed by atoms with Gasteiger partial charge < -0.3 is 5.11 Å². The fourth-order valence-electron chi connectivity index (χ4n) is 2.03. The number of aromatic hydroxyl groups is 1. The van der Waals surface area contributed by atoms with E-state index in [9.17, 15) is 14.7 Å². The summed E-state index contributed by atoms with van der Waals surface area (Å²) < 4.78 is 0. The van der Waals surface area contributed by atoms with E-state index in [2.05, 4.69) is 0 Å². The summed E-state index contributed by atoms with van der Waals surface area (Å²) in [6.07, 6.45) is 1.60. The number of anilines is 1. The van der Waals surface area contributed by atoms with Crippen LogP contribution in [0.3, 0.4) is 0 Å². The fraction of sp³-hybridized carbons (Fsp3) is 0. The van der Waals surface area contributed by atoms with E-state index in [-0.39, 0.29) is 11.0 Å². The van der Waals surface area contributed by atoms with Crippen LogP contribution in [0.1, 0.15) is 5.56 Å². The van der Waals surface area contributed by atoms with Crippen LogP contribution in [0.2, 0.25) is 5.02 Å². The van der Waals surface area contributed by atoms with Crippen LogP contribution in [0.15, 0.2) is 53.4 Å². The van der Waals surface area contributed by atoms with Gasteiger partial charge in [-0.3, -0.25) is 9.59 Å². The van der Waals surface area contributed by atoms with Crippen LogP contribution in [0.25, 0.3) is 6.08 Å². The molecule has 0 unspecified atom stereocenters. The van der Waals surface area contributed by atoms with Gasteiger partial charge in [-0.05, 0) is 53.7 Å². The Morgan fingerprint density at radius 2 is 1.73 bits per heavy atom. The molecule has 2 aromatic carbocycles. The number of rotatable bonds is 2. The third-order valence-electron chi connectivity index (χ3n) is 3.09. The molecule has 0 saturated carbocycles. The maximum absolute atomic E-state index is 12.4. The molecule has 2 aromatic rings. The van der Waals surface area contributed by atoms with Gasteiger partial charge in [0.05, 0.1) is 10.6 Å². The molecule has 1 aliphatic heterocycles. The number of halogens is 1. The molecule has 1 fully saturated rings. The van der Waals surface area contributed by atoms with E-state index < -0.39 is 5.91 Å². The van der Waals surface area contributed by atoms with Gasteiger partial charge in [0.1, 0.15) is 5.75 Å². The molecule has 0 atom stereocenters. The summed E-state index contributed by atoms with van der Waals surface area (Å²) in [4.78, 5) is 25.9. The highest BCUT2D eigenvalue weighted by Gasteiger charge is 2.36. The summed E-state index contributed by atoms with van der Waals surface area (Å²) in [5.74, 6) is -0.331. The summed E-state index contributed by atoms with van der Waals surface area (Å²) >= 11 is 6.93. The lowest BCUT2D eigenvalue weighted by molar-refractivity contribution is -0.113. The van der Waals surface area contributed by atoms with E-state index in [0.29, 0.717) is 21.2 Å². The summed E-state index contributed by atoms with van der Waals surface area (Å²) in [5.41, 5.74) is 1.10. The van der Waals surface area contributed by atoms with Crippen LogP contribution in [0.4, 0.5) is 10.5 Å². The number of hydrogen-bond acceptors (Lipinski definition) is 4. The van der Waals surface area contributed by atoms with Gasteiger partial charge in [-0.1, -0.05) is 29.8 Å². The Hall–Kier alpha value is -2.24. The number of phenolic OH excluding ortho intramolecular Hbond substituents is 1. The first kappa shape index (κ1) is 14.7. The smallest absolute Gasteiger partial charge is 0.298 e. The summed E-state index contributed by atoms with van der Waals surface area (Å²) in [6, 6.07) is 13.0. The van der Waals surface area contributed by atoms with E-state index in [1.807, 2.05) is 6.07 Å². The van der Waals surface area contributed by atoms with E-state index in [1.54, 1.807) is 24.3 Å². The molecule has 0 aromatic heterocycles. The number of nitrogens with zero attached hydrogens (tertiary/aromatic N) is 1. The van der Waals surface area contributed by atoms with Crippen molar-refractivity contribution in [3.8, 4) is 5.75 Å². The van der Waals surface area contributed by atoms with Gasteiger partial charge in [-0.15, -0.1) is 0 Å². The van der Waals surface area contributed by atoms with Gasteiger partial charge in [-0.2, -0.15) is 0 Å². The minimum atomic E-state index is -0.402. The molecular formula is C16H10ClNO3S. The van der Waals surface area contributed by atoms with Crippen LogP contribution in [0.5, 0.6) is 5.75 Å². The molecule has 0 bridgehead atoms. The van der Waals surface area contributed by atoms with Crippen LogP contribution >= 0.6 is 23.4 Å². The molecule has 0 aliphatic carbocycles. The maximum Gasteiger partial charge on any atom is 0.298 e. The topological polar surface area (TPSA) is 57.6 Å². The van der Waals surface area contributed by atoms with E-state index in [4.69, 9.17) is 11.6 Å². The minimum absolute atomic E-state index is 0.0716. The van der Waals surface area contributed by atoms with Crippen molar-refractivity contribution in [3.05, 3.63) is 64.0 Å². The summed E-state index contributed by atoms with van der Waals surface area (Å²) in [7, 11) is 0. The number of imide groups is 1. The highest BCUT2D eigenvalue weighted by Crippen LogP contribution is 2.36. The third-order valence-corrected chi connectivity index (χ3v) is 4.31. The number of carbonyl (C=O) groups excluding carboxylic acids is 2. The highest BCUT2D eigenvalue weighted by molar-refractivity contribution is 8.19. The van der Waals surface area contributed by atoms with Crippen LogP contribution in [0, 0.1) is 0 Å². The minimum Gasteiger partial charge on any atom is -0.508 e. The van der Waals surface area contributed by atoms with Gasteiger partial charge >= 0.3 is 0 Å². The van der Waals surface area contributed by atoms with Crippen molar-refractivity contribution in [2.45, 2.75) is 0 Å². The summed E-state index contributed by atoms with van der Waals surface area (Å²) in [5, 5.41) is 9.42. The van der Waals surface area contributed by atoms with Gasteiger partial charge in [0, 0.05) is 5.02 Å². The molecular weight excluding hydrogens is 322 g/mol. The normalized spacial score (nSPS) is 16.6. The second-order valence-corrected chi connectivity index (χ2v) is 5.96. The zero-order valence-electron chi connectivity index (χ0n) is 11.2. The first-order chi connectivity index (χ1) is 10.6. The molecule has 6 heteroatoms. The van der Waals surface area contributed by atoms with E-state index in [0.717, 1.165) is 16.7 Å². The number of phenols is 1. The van der Waals surface area contributed by atoms with Gasteiger partial charge in [0.15, 0.2) is 0 Å². The number of hydrogen-bond donors (Lipinski definition) is 1. The Kier molecular flexibility index (Phi) is 3.92. The van der Waals surface area contributed by atoms with Crippen LogP contribution < -0.4 is 4.90 Å². The molecule has 3 rings (SSSR count). The van der Waals surface area contributed by atoms with Crippen molar-refractivity contribution >= 4 is 46.3 Å². The lowest BCUT2D eigenvalue weighted by atomic mass is 10.2. The lowest BCUT2D eigenvalue weighted by Crippen LogP contribution is -2.27. The average molecular weight is 332 g/mol. The molecule has 0 spiro atoms. The average Bonchev–Trinajstić information content (AvgIpc) is 2.77. The van der Waals surface area contributed by atoms with Crippen molar-refractivity contribution in [2.24, 2.45) is 0 Å². The first-order valence-electron chi connectivity index (χ1n) is 6.38. The SMILES string of the molecule is O=C1S/C(=C/c2ccccc2Cl)C(=O)N1c1ccc(O)cc1. The Morgan fingerprint density at radius 3 is 2.41 bits per heavy atom. The fourth-order valence-corrected chi connectivity index (χ4v) is 3.05. The Bertz CT molecular complexity index is 786. The second-order valence-electron chi connectivity index (χ2n) is 4.56. The summed E-state index contributed by atoms with van der Waals surface area (Å²) in [6.45, 7) is 0. The van der Waals surface area contributed by atoms with Gasteiger partial charge in [-0.25, -0.2) is 4.90 Å². The van der Waals surface area contributed by atoms with Crippen molar-refractivity contribution < 1.29 is 14.7 Å². The number of thioether (sulfide) groups is 1. The Labute approximate surface area is 136 Å². The third kappa shape index (κ3) is 2.73. The number of amides is 2. The number of benzene rings is 2. The second kappa shape index (κ2) is 5.87. The maximum atomic E-state index is 12.4. The zero-order chi connectivity index (χ0) is 15.7. The molecule has 1 aliphatic rings. The molecule has 1 saturated heterocycles. The van der Waals surface area contributed by atoms with Crippen molar-refractivity contribution in [1.82, 2.24) is 0 Å². The zero-order valence-corrected chi connectivity index (χ0v) is 12.8. The standard InChI is InChI=1S/C16H10ClNO3S/c17-13-4-2-1-3-10(13)9-14-15(20)18(16(21)22-14)11-5-7-12(19)8-6-11/h1-9,19H/b14-9+. The number of carbonyl (C=O) groups is 2.